The average Bonchev–Trinajstić information content (AvgIpc) is 3.08. The Morgan fingerprint density at radius 1 is 0.889 bits per heavy atom. The van der Waals surface area contributed by atoms with Gasteiger partial charge in [0.2, 0.25) is 0 Å². The molecule has 0 amide bonds. The molecule has 0 fully saturated rings. The van der Waals surface area contributed by atoms with Crippen molar-refractivity contribution in [2.75, 3.05) is 6.54 Å². The molecule has 3 heteroatoms. The van der Waals surface area contributed by atoms with Crippen LogP contribution >= 0.6 is 15.9 Å². The van der Waals surface area contributed by atoms with Crippen LogP contribution in [0, 0.1) is 0 Å². The highest BCUT2D eigenvalue weighted by molar-refractivity contribution is 9.10. The van der Waals surface area contributed by atoms with E-state index in [1.54, 1.807) is 0 Å². The third-order valence-electron chi connectivity index (χ3n) is 5.55. The fraction of sp³-hybridized carbons (Fsp3) is 0.167. The number of para-hydroxylation sites is 1. The molecule has 5 rings (SSSR count). The van der Waals surface area contributed by atoms with Crippen molar-refractivity contribution in [1.29, 1.82) is 0 Å². The number of benzene rings is 3. The molecule has 1 aromatic heterocycles. The quantitative estimate of drug-likeness (QED) is 0.428. The molecule has 27 heavy (non-hydrogen) atoms. The van der Waals surface area contributed by atoms with Gasteiger partial charge in [-0.3, -0.25) is 4.90 Å². The van der Waals surface area contributed by atoms with Crippen molar-refractivity contribution in [3.8, 4) is 0 Å². The molecule has 1 aliphatic rings. The van der Waals surface area contributed by atoms with Gasteiger partial charge >= 0.3 is 0 Å². The average molecular weight is 417 g/mol. The first-order valence-corrected chi connectivity index (χ1v) is 10.2. The first kappa shape index (κ1) is 16.8. The van der Waals surface area contributed by atoms with Crippen LogP contribution in [0.3, 0.4) is 0 Å². The third kappa shape index (κ3) is 3.11. The molecule has 1 aliphatic heterocycles. The Kier molecular flexibility index (Phi) is 4.35. The number of hydrogen-bond acceptors (Lipinski definition) is 1. The molecule has 1 N–H and O–H groups in total. The zero-order valence-electron chi connectivity index (χ0n) is 15.0. The monoisotopic (exact) mass is 416 g/mol. The molecule has 134 valence electrons. The lowest BCUT2D eigenvalue weighted by Gasteiger charge is -2.36. The number of halogens is 1. The Morgan fingerprint density at radius 3 is 2.44 bits per heavy atom. The lowest BCUT2D eigenvalue weighted by atomic mass is 9.92. The smallest absolute Gasteiger partial charge is 0.0760 e. The molecular weight excluding hydrogens is 396 g/mol. The molecule has 0 aliphatic carbocycles. The number of H-pyrrole nitrogens is 1. The maximum absolute atomic E-state index is 3.74. The van der Waals surface area contributed by atoms with Crippen molar-refractivity contribution >= 4 is 26.8 Å². The summed E-state index contributed by atoms with van der Waals surface area (Å²) in [5.74, 6) is 0. The minimum absolute atomic E-state index is 0.245. The van der Waals surface area contributed by atoms with E-state index in [9.17, 15) is 0 Å². The van der Waals surface area contributed by atoms with E-state index in [-0.39, 0.29) is 6.04 Å². The van der Waals surface area contributed by atoms with Gasteiger partial charge in [-0.05, 0) is 41.3 Å². The summed E-state index contributed by atoms with van der Waals surface area (Å²) in [6, 6.07) is 28.5. The van der Waals surface area contributed by atoms with Gasteiger partial charge < -0.3 is 4.98 Å². The minimum atomic E-state index is 0.245. The lowest BCUT2D eigenvalue weighted by Crippen LogP contribution is -2.35. The van der Waals surface area contributed by atoms with E-state index in [0.29, 0.717) is 0 Å². The van der Waals surface area contributed by atoms with Crippen molar-refractivity contribution in [1.82, 2.24) is 9.88 Å². The Hall–Kier alpha value is -2.36. The largest absolute Gasteiger partial charge is 0.357 e. The van der Waals surface area contributed by atoms with Crippen molar-refractivity contribution in [3.05, 3.63) is 106 Å². The van der Waals surface area contributed by atoms with Crippen molar-refractivity contribution in [2.24, 2.45) is 0 Å². The Balaban J connectivity index is 1.62. The second kappa shape index (κ2) is 6.99. The summed E-state index contributed by atoms with van der Waals surface area (Å²) in [6.45, 7) is 2.01. The Labute approximate surface area is 168 Å². The first-order valence-electron chi connectivity index (χ1n) is 9.42. The van der Waals surface area contributed by atoms with Crippen molar-refractivity contribution in [3.63, 3.8) is 0 Å². The summed E-state index contributed by atoms with van der Waals surface area (Å²) in [7, 11) is 0. The van der Waals surface area contributed by atoms with Gasteiger partial charge in [-0.1, -0.05) is 76.6 Å². The van der Waals surface area contributed by atoms with Crippen LogP contribution in [0.4, 0.5) is 0 Å². The summed E-state index contributed by atoms with van der Waals surface area (Å²) in [5.41, 5.74) is 6.76. The van der Waals surface area contributed by atoms with E-state index in [2.05, 4.69) is 105 Å². The van der Waals surface area contributed by atoms with Crippen LogP contribution < -0.4 is 0 Å². The molecule has 0 radical (unpaired) electrons. The van der Waals surface area contributed by atoms with Gasteiger partial charge in [-0.15, -0.1) is 0 Å². The zero-order chi connectivity index (χ0) is 18.2. The number of nitrogens with zero attached hydrogens (tertiary/aromatic N) is 1. The molecular formula is C24H21BrN2. The summed E-state index contributed by atoms with van der Waals surface area (Å²) >= 11 is 3.58. The molecule has 4 aromatic rings. The molecule has 0 spiro atoms. The number of aromatic nitrogens is 1. The number of hydrogen-bond donors (Lipinski definition) is 1. The second-order valence-electron chi connectivity index (χ2n) is 7.22. The maximum atomic E-state index is 3.74. The van der Waals surface area contributed by atoms with E-state index in [4.69, 9.17) is 0 Å². The van der Waals surface area contributed by atoms with Crippen molar-refractivity contribution < 1.29 is 0 Å². The Bertz CT molecular complexity index is 1070. The van der Waals surface area contributed by atoms with Crippen LogP contribution in [0.15, 0.2) is 83.3 Å². The molecule has 0 saturated heterocycles. The van der Waals surface area contributed by atoms with Gasteiger partial charge in [0.15, 0.2) is 0 Å². The molecule has 1 atom stereocenters. The van der Waals surface area contributed by atoms with Gasteiger partial charge in [-0.25, -0.2) is 0 Å². The minimum Gasteiger partial charge on any atom is -0.357 e. The van der Waals surface area contributed by atoms with Crippen LogP contribution in [0.25, 0.3) is 10.9 Å². The summed E-state index contributed by atoms with van der Waals surface area (Å²) in [6.07, 6.45) is 1.08. The lowest BCUT2D eigenvalue weighted by molar-refractivity contribution is 0.202. The predicted molar refractivity (Wildman–Crippen MR) is 115 cm³/mol. The topological polar surface area (TPSA) is 19.0 Å². The van der Waals surface area contributed by atoms with E-state index in [0.717, 1.165) is 24.0 Å². The van der Waals surface area contributed by atoms with E-state index in [1.165, 1.54) is 33.3 Å². The predicted octanol–water partition coefficient (Wildman–Crippen LogP) is 6.08. The number of aromatic amines is 1. The fourth-order valence-electron chi connectivity index (χ4n) is 4.30. The van der Waals surface area contributed by atoms with Crippen LogP contribution in [-0.4, -0.2) is 16.4 Å². The van der Waals surface area contributed by atoms with E-state index >= 15 is 0 Å². The first-order chi connectivity index (χ1) is 13.3. The van der Waals surface area contributed by atoms with Gasteiger partial charge in [0, 0.05) is 34.2 Å². The van der Waals surface area contributed by atoms with Gasteiger partial charge in [-0.2, -0.15) is 0 Å². The molecule has 2 nitrogen and oxygen atoms in total. The fourth-order valence-corrected chi connectivity index (χ4v) is 4.57. The van der Waals surface area contributed by atoms with Gasteiger partial charge in [0.05, 0.1) is 6.04 Å². The maximum Gasteiger partial charge on any atom is 0.0760 e. The molecule has 3 aromatic carbocycles. The number of fused-ring (bicyclic) bond motifs is 3. The Morgan fingerprint density at radius 2 is 1.63 bits per heavy atom. The molecule has 0 saturated carbocycles. The molecule has 0 bridgehead atoms. The van der Waals surface area contributed by atoms with Gasteiger partial charge in [0.25, 0.3) is 0 Å². The highest BCUT2D eigenvalue weighted by atomic mass is 79.9. The van der Waals surface area contributed by atoms with Crippen LogP contribution in [-0.2, 0) is 13.0 Å². The van der Waals surface area contributed by atoms with Crippen LogP contribution in [0.2, 0.25) is 0 Å². The number of rotatable bonds is 3. The summed E-state index contributed by atoms with van der Waals surface area (Å²) in [4.78, 5) is 6.34. The van der Waals surface area contributed by atoms with Crippen LogP contribution in [0.1, 0.15) is 28.4 Å². The summed E-state index contributed by atoms with van der Waals surface area (Å²) < 4.78 is 1.12. The molecule has 0 unspecified atom stereocenters. The number of nitrogens with one attached hydrogen (secondary N) is 1. The van der Waals surface area contributed by atoms with Crippen LogP contribution in [0.5, 0.6) is 0 Å². The molecule has 2 heterocycles. The zero-order valence-corrected chi connectivity index (χ0v) is 16.6. The van der Waals surface area contributed by atoms with E-state index < -0.39 is 0 Å². The third-order valence-corrected chi connectivity index (χ3v) is 6.08. The van der Waals surface area contributed by atoms with Gasteiger partial charge in [0.1, 0.15) is 0 Å². The van der Waals surface area contributed by atoms with E-state index in [1.807, 2.05) is 0 Å². The normalized spacial score (nSPS) is 17.1. The second-order valence-corrected chi connectivity index (χ2v) is 8.14. The SMILES string of the molecule is Brc1ccc([C@H]2c3[nH]c4ccccc4c3CCN2Cc2ccccc2)cc1. The standard InChI is InChI=1S/C24H21BrN2/c25-19-12-10-18(11-13-19)24-23-21(20-8-4-5-9-22(20)26-23)14-15-27(24)16-17-6-2-1-3-7-17/h1-13,24,26H,14-16H2/t24-/m0/s1. The highest BCUT2D eigenvalue weighted by Crippen LogP contribution is 2.39. The van der Waals surface area contributed by atoms with Crippen molar-refractivity contribution in [2.45, 2.75) is 19.0 Å². The highest BCUT2D eigenvalue weighted by Gasteiger charge is 2.31. The summed E-state index contributed by atoms with van der Waals surface area (Å²) in [5, 5.41) is 1.37.